The second-order valence-corrected chi connectivity index (χ2v) is 3.70. The predicted molar refractivity (Wildman–Crippen MR) is 61.8 cm³/mol. The molecule has 4 N–H and O–H groups in total. The van der Waals surface area contributed by atoms with Crippen molar-refractivity contribution in [2.75, 3.05) is 0 Å². The van der Waals surface area contributed by atoms with Gasteiger partial charge in [0.2, 0.25) is 0 Å². The van der Waals surface area contributed by atoms with Gasteiger partial charge in [-0.2, -0.15) is 10.2 Å². The largest absolute Gasteiger partial charge is 0.409 e. The van der Waals surface area contributed by atoms with Gasteiger partial charge in [-0.25, -0.2) is 0 Å². The van der Waals surface area contributed by atoms with Crippen LogP contribution in [0.2, 0.25) is 0 Å². The summed E-state index contributed by atoms with van der Waals surface area (Å²) in [7, 11) is 0. The molecule has 1 unspecified atom stereocenters. The molecule has 0 aliphatic heterocycles. The number of rotatable bonds is 3. The number of aromatic nitrogens is 2. The molecule has 0 aliphatic carbocycles. The van der Waals surface area contributed by atoms with Crippen LogP contribution in [0.5, 0.6) is 0 Å². The van der Waals surface area contributed by atoms with E-state index in [4.69, 9.17) is 10.9 Å². The van der Waals surface area contributed by atoms with Gasteiger partial charge in [0.1, 0.15) is 0 Å². The molecular weight excluding hydrogens is 222 g/mol. The molecule has 17 heavy (non-hydrogen) atoms. The summed E-state index contributed by atoms with van der Waals surface area (Å²) in [4.78, 5) is 11.9. The number of nitrogens with zero attached hydrogens (tertiary/aromatic N) is 3. The van der Waals surface area contributed by atoms with Gasteiger partial charge in [-0.3, -0.25) is 4.79 Å². The van der Waals surface area contributed by atoms with Crippen molar-refractivity contribution >= 4 is 11.7 Å². The standard InChI is InChI=1S/C10H15N5O2/c1-5-4-8(6(2)14-13-5)10(16)12-7(3)9(11)15-17/h4,7,17H,1-3H3,(H2,11,15)(H,12,16). The minimum atomic E-state index is -0.555. The van der Waals surface area contributed by atoms with E-state index in [0.717, 1.165) is 0 Å². The minimum absolute atomic E-state index is 0.0604. The number of aryl methyl sites for hydroxylation is 2. The van der Waals surface area contributed by atoms with E-state index in [0.29, 0.717) is 17.0 Å². The van der Waals surface area contributed by atoms with Crippen LogP contribution in [-0.2, 0) is 0 Å². The molecule has 0 spiro atoms. The number of nitrogens with one attached hydrogen (secondary N) is 1. The Morgan fingerprint density at radius 1 is 1.53 bits per heavy atom. The van der Waals surface area contributed by atoms with Gasteiger partial charge in [-0.05, 0) is 26.8 Å². The number of oxime groups is 1. The van der Waals surface area contributed by atoms with E-state index in [2.05, 4.69) is 20.7 Å². The molecule has 1 rings (SSSR count). The van der Waals surface area contributed by atoms with Crippen LogP contribution in [0.1, 0.15) is 28.7 Å². The molecule has 1 aromatic rings. The molecule has 0 bridgehead atoms. The molecule has 92 valence electrons. The lowest BCUT2D eigenvalue weighted by atomic mass is 10.1. The maximum Gasteiger partial charge on any atom is 0.253 e. The summed E-state index contributed by atoms with van der Waals surface area (Å²) < 4.78 is 0. The van der Waals surface area contributed by atoms with E-state index in [1.807, 2.05) is 0 Å². The Bertz CT molecular complexity index is 458. The SMILES string of the molecule is Cc1cc(C(=O)NC(C)/C(N)=N/O)c(C)nn1. The van der Waals surface area contributed by atoms with Crippen molar-refractivity contribution in [3.63, 3.8) is 0 Å². The molecule has 1 amide bonds. The Kier molecular flexibility index (Phi) is 3.97. The number of hydrogen-bond acceptors (Lipinski definition) is 5. The number of amidine groups is 1. The highest BCUT2D eigenvalue weighted by molar-refractivity contribution is 5.98. The van der Waals surface area contributed by atoms with Gasteiger partial charge in [-0.1, -0.05) is 5.16 Å². The number of amides is 1. The number of hydrogen-bond donors (Lipinski definition) is 3. The van der Waals surface area contributed by atoms with Crippen molar-refractivity contribution in [2.24, 2.45) is 10.9 Å². The molecule has 7 nitrogen and oxygen atoms in total. The van der Waals surface area contributed by atoms with Crippen LogP contribution in [0.3, 0.4) is 0 Å². The van der Waals surface area contributed by atoms with Gasteiger partial charge in [0.25, 0.3) is 5.91 Å². The second kappa shape index (κ2) is 5.24. The highest BCUT2D eigenvalue weighted by atomic mass is 16.4. The fraction of sp³-hybridized carbons (Fsp3) is 0.400. The normalized spacial score (nSPS) is 13.2. The third-order valence-electron chi connectivity index (χ3n) is 2.25. The summed E-state index contributed by atoms with van der Waals surface area (Å²) in [6.07, 6.45) is 0. The Balaban J connectivity index is 2.87. The van der Waals surface area contributed by atoms with Gasteiger partial charge < -0.3 is 16.3 Å². The fourth-order valence-electron chi connectivity index (χ4n) is 1.21. The zero-order chi connectivity index (χ0) is 13.0. The van der Waals surface area contributed by atoms with Gasteiger partial charge in [-0.15, -0.1) is 0 Å². The Morgan fingerprint density at radius 2 is 2.18 bits per heavy atom. The van der Waals surface area contributed by atoms with Crippen LogP contribution in [0.15, 0.2) is 11.2 Å². The van der Waals surface area contributed by atoms with Gasteiger partial charge in [0.15, 0.2) is 5.84 Å². The summed E-state index contributed by atoms with van der Waals surface area (Å²) in [5.41, 5.74) is 6.97. The molecule has 1 aromatic heterocycles. The van der Waals surface area contributed by atoms with Gasteiger partial charge in [0.05, 0.1) is 23.0 Å². The average molecular weight is 237 g/mol. The summed E-state index contributed by atoms with van der Waals surface area (Å²) in [6.45, 7) is 5.05. The summed E-state index contributed by atoms with van der Waals surface area (Å²) in [5, 5.41) is 21.6. The monoisotopic (exact) mass is 237 g/mol. The minimum Gasteiger partial charge on any atom is -0.409 e. The third kappa shape index (κ3) is 3.13. The van der Waals surface area contributed by atoms with E-state index in [9.17, 15) is 4.79 Å². The van der Waals surface area contributed by atoms with Crippen LogP contribution in [0, 0.1) is 13.8 Å². The van der Waals surface area contributed by atoms with Crippen LogP contribution >= 0.6 is 0 Å². The summed E-state index contributed by atoms with van der Waals surface area (Å²) in [6, 6.07) is 1.08. The van der Waals surface area contributed by atoms with E-state index in [1.165, 1.54) is 0 Å². The number of carbonyl (C=O) groups is 1. The zero-order valence-electron chi connectivity index (χ0n) is 9.93. The van der Waals surface area contributed by atoms with Crippen LogP contribution in [0.25, 0.3) is 0 Å². The predicted octanol–water partition coefficient (Wildman–Crippen LogP) is -0.0419. The van der Waals surface area contributed by atoms with Gasteiger partial charge in [0, 0.05) is 0 Å². The first kappa shape index (κ1) is 12.9. The highest BCUT2D eigenvalue weighted by Gasteiger charge is 2.15. The number of carbonyl (C=O) groups excluding carboxylic acids is 1. The summed E-state index contributed by atoms with van der Waals surface area (Å²) in [5.74, 6) is -0.394. The lowest BCUT2D eigenvalue weighted by Crippen LogP contribution is -2.42. The average Bonchev–Trinajstić information content (AvgIpc) is 2.30. The molecule has 7 heteroatoms. The Labute approximate surface area is 98.7 Å². The fourth-order valence-corrected chi connectivity index (χ4v) is 1.21. The lowest BCUT2D eigenvalue weighted by Gasteiger charge is -2.13. The molecular formula is C10H15N5O2. The second-order valence-electron chi connectivity index (χ2n) is 3.70. The van der Waals surface area contributed by atoms with E-state index >= 15 is 0 Å². The Hall–Kier alpha value is -2.18. The maximum atomic E-state index is 11.9. The van der Waals surface area contributed by atoms with E-state index < -0.39 is 6.04 Å². The molecule has 0 fully saturated rings. The molecule has 0 aliphatic rings. The maximum absolute atomic E-state index is 11.9. The molecule has 0 radical (unpaired) electrons. The van der Waals surface area contributed by atoms with Crippen molar-refractivity contribution in [2.45, 2.75) is 26.8 Å². The molecule has 0 saturated heterocycles. The lowest BCUT2D eigenvalue weighted by molar-refractivity contribution is 0.0947. The first-order valence-electron chi connectivity index (χ1n) is 5.05. The molecule has 0 saturated carbocycles. The van der Waals surface area contributed by atoms with Gasteiger partial charge >= 0.3 is 0 Å². The van der Waals surface area contributed by atoms with Crippen molar-refractivity contribution in [1.29, 1.82) is 0 Å². The molecule has 1 atom stereocenters. The van der Waals surface area contributed by atoms with Crippen LogP contribution < -0.4 is 11.1 Å². The quantitative estimate of drug-likeness (QED) is 0.295. The van der Waals surface area contributed by atoms with Crippen molar-refractivity contribution in [3.05, 3.63) is 23.0 Å². The van der Waals surface area contributed by atoms with E-state index in [1.54, 1.807) is 26.8 Å². The molecule has 1 heterocycles. The smallest absolute Gasteiger partial charge is 0.253 e. The van der Waals surface area contributed by atoms with Crippen molar-refractivity contribution in [1.82, 2.24) is 15.5 Å². The first-order chi connectivity index (χ1) is 7.95. The van der Waals surface area contributed by atoms with Crippen LogP contribution in [0.4, 0.5) is 0 Å². The van der Waals surface area contributed by atoms with Crippen LogP contribution in [-0.4, -0.2) is 33.2 Å². The summed E-state index contributed by atoms with van der Waals surface area (Å²) >= 11 is 0. The van der Waals surface area contributed by atoms with E-state index in [-0.39, 0.29) is 11.7 Å². The topological polar surface area (TPSA) is 113 Å². The molecule has 0 aromatic carbocycles. The third-order valence-corrected chi connectivity index (χ3v) is 2.25. The Morgan fingerprint density at radius 3 is 2.76 bits per heavy atom. The van der Waals surface area contributed by atoms with Crippen molar-refractivity contribution < 1.29 is 10.0 Å². The number of nitrogens with two attached hydrogens (primary N) is 1. The highest BCUT2D eigenvalue weighted by Crippen LogP contribution is 2.05. The zero-order valence-corrected chi connectivity index (χ0v) is 9.93. The first-order valence-corrected chi connectivity index (χ1v) is 5.05. The van der Waals surface area contributed by atoms with Crippen molar-refractivity contribution in [3.8, 4) is 0 Å².